The van der Waals surface area contributed by atoms with Crippen molar-refractivity contribution >= 4 is 34.6 Å². The largest absolute Gasteiger partial charge is 0.490 e. The van der Waals surface area contributed by atoms with Gasteiger partial charge in [-0.25, -0.2) is 9.78 Å². The lowest BCUT2D eigenvalue weighted by Gasteiger charge is -2.48. The third-order valence-corrected chi connectivity index (χ3v) is 7.98. The molecule has 2 aliphatic heterocycles. The van der Waals surface area contributed by atoms with Gasteiger partial charge in [0.25, 0.3) is 5.91 Å². The van der Waals surface area contributed by atoms with Gasteiger partial charge in [-0.2, -0.15) is 13.2 Å². The number of piperidine rings is 1. The molecule has 3 aliphatic rings. The van der Waals surface area contributed by atoms with Gasteiger partial charge in [-0.3, -0.25) is 4.79 Å². The minimum Gasteiger partial charge on any atom is -0.475 e. The van der Waals surface area contributed by atoms with Gasteiger partial charge >= 0.3 is 12.1 Å². The Morgan fingerprint density at radius 2 is 1.86 bits per heavy atom. The number of carboxylic acids is 1. The number of hydrogen-bond acceptors (Lipinski definition) is 6. The van der Waals surface area contributed by atoms with Crippen molar-refractivity contribution in [1.29, 1.82) is 0 Å². The lowest BCUT2D eigenvalue weighted by Crippen LogP contribution is -2.61. The molecule has 1 aromatic heterocycles. The molecule has 7 nitrogen and oxygen atoms in total. The molecule has 0 atom stereocenters. The first-order valence-corrected chi connectivity index (χ1v) is 13.1. The molecule has 2 fully saturated rings. The standard InChI is InChI=1S/C23H30N4OS.C2HF3O2/c1-17-24-19(16-29-17)15-27-21-9-5-4-8-20(21)25-23(22(27)28)10-12-26(13-11-23)14-18-6-2-3-7-18;3-2(4,5)1(6)7/h4-5,8-9,16,18,25H,2-3,6-7,10-15H2,1H3;(H,6,7). The number of aliphatic carboxylic acids is 1. The predicted molar refractivity (Wildman–Crippen MR) is 132 cm³/mol. The van der Waals surface area contributed by atoms with Gasteiger partial charge in [0.15, 0.2) is 0 Å². The molecule has 0 unspecified atom stereocenters. The highest BCUT2D eigenvalue weighted by Gasteiger charge is 2.47. The number of rotatable bonds is 4. The van der Waals surface area contributed by atoms with E-state index in [9.17, 15) is 18.0 Å². The minimum absolute atomic E-state index is 0.211. The third kappa shape index (κ3) is 6.00. The Bertz CT molecular complexity index is 1080. The molecular weight excluding hydrogens is 493 g/mol. The van der Waals surface area contributed by atoms with Crippen molar-refractivity contribution in [3.63, 3.8) is 0 Å². The fraction of sp³-hybridized carbons (Fsp3) is 0.560. The molecule has 0 radical (unpaired) electrons. The molecule has 1 saturated heterocycles. The second kappa shape index (κ2) is 10.8. The Labute approximate surface area is 212 Å². The van der Waals surface area contributed by atoms with Gasteiger partial charge in [0.1, 0.15) is 5.54 Å². The van der Waals surface area contributed by atoms with Crippen LogP contribution in [-0.2, 0) is 16.1 Å². The van der Waals surface area contributed by atoms with Crippen LogP contribution in [0.15, 0.2) is 29.6 Å². The number of anilines is 2. The molecule has 5 rings (SSSR count). The zero-order chi connectivity index (χ0) is 25.9. The summed E-state index contributed by atoms with van der Waals surface area (Å²) in [4.78, 5) is 31.8. The fourth-order valence-electron chi connectivity index (χ4n) is 5.31. The van der Waals surface area contributed by atoms with E-state index in [0.717, 1.165) is 53.9 Å². The van der Waals surface area contributed by atoms with Crippen LogP contribution in [0.25, 0.3) is 0 Å². The second-order valence-electron chi connectivity index (χ2n) is 9.73. The summed E-state index contributed by atoms with van der Waals surface area (Å²) >= 11 is 1.65. The number of hydrogen-bond donors (Lipinski definition) is 2. The van der Waals surface area contributed by atoms with Crippen molar-refractivity contribution in [2.45, 2.75) is 63.7 Å². The number of nitrogens with one attached hydrogen (secondary N) is 1. The molecule has 1 spiro atoms. The summed E-state index contributed by atoms with van der Waals surface area (Å²) in [7, 11) is 0. The van der Waals surface area contributed by atoms with E-state index in [0.29, 0.717) is 6.54 Å². The van der Waals surface area contributed by atoms with Crippen molar-refractivity contribution in [2.75, 3.05) is 29.9 Å². The van der Waals surface area contributed by atoms with E-state index in [-0.39, 0.29) is 5.91 Å². The van der Waals surface area contributed by atoms with Crippen LogP contribution in [0.5, 0.6) is 0 Å². The van der Waals surface area contributed by atoms with Gasteiger partial charge in [-0.1, -0.05) is 25.0 Å². The van der Waals surface area contributed by atoms with E-state index >= 15 is 0 Å². The number of fused-ring (bicyclic) bond motifs is 1. The number of carboxylic acid groups (broad SMARTS) is 1. The highest BCUT2D eigenvalue weighted by atomic mass is 32.1. The molecule has 2 aromatic rings. The number of halogens is 3. The number of nitrogens with zero attached hydrogens (tertiary/aromatic N) is 3. The molecule has 1 aromatic carbocycles. The molecule has 2 N–H and O–H groups in total. The summed E-state index contributed by atoms with van der Waals surface area (Å²) < 4.78 is 31.7. The van der Waals surface area contributed by atoms with Crippen molar-refractivity contribution in [3.8, 4) is 0 Å². The van der Waals surface area contributed by atoms with Crippen LogP contribution >= 0.6 is 11.3 Å². The number of benzene rings is 1. The Kier molecular flexibility index (Phi) is 7.89. The molecule has 1 saturated carbocycles. The minimum atomic E-state index is -5.08. The predicted octanol–water partition coefficient (Wildman–Crippen LogP) is 5.07. The van der Waals surface area contributed by atoms with Crippen LogP contribution in [0.3, 0.4) is 0 Å². The normalized spacial score (nSPS) is 20.0. The monoisotopic (exact) mass is 524 g/mol. The SMILES string of the molecule is Cc1nc(CN2C(=O)C3(CCN(CC4CCCC4)CC3)Nc3ccccc32)cs1.O=C(O)C(F)(F)F. The number of carbonyl (C=O) groups is 2. The van der Waals surface area contributed by atoms with E-state index in [4.69, 9.17) is 9.90 Å². The highest BCUT2D eigenvalue weighted by molar-refractivity contribution is 7.09. The number of carbonyl (C=O) groups excluding carboxylic acids is 1. The van der Waals surface area contributed by atoms with Crippen molar-refractivity contribution < 1.29 is 27.9 Å². The lowest BCUT2D eigenvalue weighted by atomic mass is 9.83. The number of para-hydroxylation sites is 2. The number of amides is 1. The van der Waals surface area contributed by atoms with Gasteiger partial charge in [-0.15, -0.1) is 11.3 Å². The molecule has 196 valence electrons. The number of alkyl halides is 3. The second-order valence-corrected chi connectivity index (χ2v) is 10.8. The van der Waals surface area contributed by atoms with Gasteiger partial charge < -0.3 is 20.2 Å². The summed E-state index contributed by atoms with van der Waals surface area (Å²) in [6, 6.07) is 8.21. The highest BCUT2D eigenvalue weighted by Crippen LogP contribution is 2.41. The average molecular weight is 525 g/mol. The number of thiazole rings is 1. The van der Waals surface area contributed by atoms with E-state index in [1.165, 1.54) is 32.2 Å². The maximum Gasteiger partial charge on any atom is 0.490 e. The van der Waals surface area contributed by atoms with E-state index in [1.54, 1.807) is 11.3 Å². The average Bonchev–Trinajstić information content (AvgIpc) is 3.50. The van der Waals surface area contributed by atoms with E-state index < -0.39 is 17.7 Å². The van der Waals surface area contributed by atoms with Crippen molar-refractivity contribution in [2.24, 2.45) is 5.92 Å². The van der Waals surface area contributed by atoms with Gasteiger partial charge in [-0.05, 0) is 50.7 Å². The maximum absolute atomic E-state index is 13.7. The fourth-order valence-corrected chi connectivity index (χ4v) is 5.91. The van der Waals surface area contributed by atoms with Crippen molar-refractivity contribution in [1.82, 2.24) is 9.88 Å². The van der Waals surface area contributed by atoms with Crippen LogP contribution in [0.4, 0.5) is 24.5 Å². The molecular formula is C25H31F3N4O3S. The molecule has 1 amide bonds. The van der Waals surface area contributed by atoms with Gasteiger partial charge in [0.2, 0.25) is 0 Å². The summed E-state index contributed by atoms with van der Waals surface area (Å²) in [6.07, 6.45) is 2.22. The third-order valence-electron chi connectivity index (χ3n) is 7.15. The Hall–Kier alpha value is -2.66. The quantitative estimate of drug-likeness (QED) is 0.581. The number of aromatic nitrogens is 1. The van der Waals surface area contributed by atoms with Crippen LogP contribution in [-0.4, -0.2) is 58.2 Å². The lowest BCUT2D eigenvalue weighted by molar-refractivity contribution is -0.192. The van der Waals surface area contributed by atoms with Crippen LogP contribution < -0.4 is 10.2 Å². The molecule has 36 heavy (non-hydrogen) atoms. The summed E-state index contributed by atoms with van der Waals surface area (Å²) in [5, 5.41) is 13.9. The summed E-state index contributed by atoms with van der Waals surface area (Å²) in [5.41, 5.74) is 2.54. The zero-order valence-electron chi connectivity index (χ0n) is 20.2. The maximum atomic E-state index is 13.7. The topological polar surface area (TPSA) is 85.8 Å². The first-order valence-electron chi connectivity index (χ1n) is 12.2. The van der Waals surface area contributed by atoms with Crippen LogP contribution in [0.1, 0.15) is 49.2 Å². The van der Waals surface area contributed by atoms with Crippen LogP contribution in [0, 0.1) is 12.8 Å². The Balaban J connectivity index is 0.000000384. The van der Waals surface area contributed by atoms with Gasteiger partial charge in [0.05, 0.1) is 28.6 Å². The number of likely N-dealkylation sites (tertiary alicyclic amines) is 1. The Morgan fingerprint density at radius 3 is 2.44 bits per heavy atom. The molecule has 11 heteroatoms. The molecule has 3 heterocycles. The van der Waals surface area contributed by atoms with Crippen molar-refractivity contribution in [3.05, 3.63) is 40.3 Å². The first kappa shape index (κ1) is 26.4. The van der Waals surface area contributed by atoms with Gasteiger partial charge in [0, 0.05) is 25.0 Å². The van der Waals surface area contributed by atoms with E-state index in [1.807, 2.05) is 24.0 Å². The van der Waals surface area contributed by atoms with Crippen LogP contribution in [0.2, 0.25) is 0 Å². The summed E-state index contributed by atoms with van der Waals surface area (Å²) in [5.74, 6) is -1.68. The summed E-state index contributed by atoms with van der Waals surface area (Å²) in [6.45, 7) is 5.78. The number of aryl methyl sites for hydroxylation is 1. The zero-order valence-corrected chi connectivity index (χ0v) is 21.0. The smallest absolute Gasteiger partial charge is 0.475 e. The molecule has 1 aliphatic carbocycles. The molecule has 0 bridgehead atoms. The Morgan fingerprint density at radius 1 is 1.22 bits per heavy atom. The first-order chi connectivity index (χ1) is 17.1. The van der Waals surface area contributed by atoms with E-state index in [2.05, 4.69) is 32.7 Å².